The van der Waals surface area contributed by atoms with Crippen LogP contribution >= 0.6 is 15.9 Å². The van der Waals surface area contributed by atoms with E-state index < -0.39 is 0 Å². The minimum absolute atomic E-state index is 0.00630. The number of rotatable bonds is 1. The molecule has 88 valence electrons. The van der Waals surface area contributed by atoms with Gasteiger partial charge in [0, 0.05) is 27.3 Å². The van der Waals surface area contributed by atoms with Crippen molar-refractivity contribution >= 4 is 33.1 Å². The maximum Gasteiger partial charge on any atom is 0.256 e. The van der Waals surface area contributed by atoms with E-state index in [1.165, 1.54) is 6.42 Å². The third-order valence-electron chi connectivity index (χ3n) is 3.23. The van der Waals surface area contributed by atoms with Crippen molar-refractivity contribution in [3.63, 3.8) is 0 Å². The van der Waals surface area contributed by atoms with Crippen LogP contribution in [0.4, 0.5) is 5.69 Å². The number of hydrogen-bond donors (Lipinski definition) is 2. The van der Waals surface area contributed by atoms with Crippen LogP contribution in [0.5, 0.6) is 0 Å². The summed E-state index contributed by atoms with van der Waals surface area (Å²) < 4.78 is 0.998. The van der Waals surface area contributed by atoms with E-state index >= 15 is 0 Å². The Morgan fingerprint density at radius 3 is 3.06 bits per heavy atom. The van der Waals surface area contributed by atoms with Gasteiger partial charge in [-0.3, -0.25) is 4.79 Å². The van der Waals surface area contributed by atoms with Gasteiger partial charge in [0.1, 0.15) is 0 Å². The molecule has 0 spiro atoms. The van der Waals surface area contributed by atoms with Crippen molar-refractivity contribution in [1.29, 1.82) is 0 Å². The van der Waals surface area contributed by atoms with E-state index in [1.54, 1.807) is 0 Å². The van der Waals surface area contributed by atoms with Crippen LogP contribution in [0.2, 0.25) is 0 Å². The molecular weight excluding hydrogens is 280 g/mol. The first kappa shape index (κ1) is 11.0. The molecule has 0 bridgehead atoms. The average molecular weight is 293 g/mol. The van der Waals surface area contributed by atoms with Gasteiger partial charge in [0.05, 0.1) is 0 Å². The molecule has 2 N–H and O–H groups in total. The third-order valence-corrected chi connectivity index (χ3v) is 3.72. The number of fused-ring (bicyclic) bond motifs is 1. The fourth-order valence-corrected chi connectivity index (χ4v) is 2.74. The molecule has 1 fully saturated rings. The Bertz CT molecular complexity index is 504. The number of carbonyl (C=O) groups is 1. The number of carbonyl (C=O) groups excluding carboxylic acids is 1. The molecule has 2 aliphatic heterocycles. The van der Waals surface area contributed by atoms with Gasteiger partial charge in [-0.1, -0.05) is 22.0 Å². The van der Waals surface area contributed by atoms with Crippen LogP contribution in [0.3, 0.4) is 0 Å². The molecule has 0 saturated carbocycles. The zero-order chi connectivity index (χ0) is 11.8. The zero-order valence-corrected chi connectivity index (χ0v) is 10.9. The molecule has 0 aliphatic carbocycles. The summed E-state index contributed by atoms with van der Waals surface area (Å²) in [5.74, 6) is 0.00630. The van der Waals surface area contributed by atoms with E-state index in [2.05, 4.69) is 32.6 Å². The highest BCUT2D eigenvalue weighted by molar-refractivity contribution is 9.10. The topological polar surface area (TPSA) is 41.1 Å². The molecule has 3 nitrogen and oxygen atoms in total. The Morgan fingerprint density at radius 2 is 2.29 bits per heavy atom. The van der Waals surface area contributed by atoms with Crippen LogP contribution in [0.1, 0.15) is 18.4 Å². The number of benzene rings is 1. The maximum absolute atomic E-state index is 11.9. The predicted octanol–water partition coefficient (Wildman–Crippen LogP) is 2.54. The number of halogens is 1. The Balaban J connectivity index is 2.00. The first-order valence-corrected chi connectivity index (χ1v) is 6.60. The average Bonchev–Trinajstić information content (AvgIpc) is 2.90. The molecule has 1 aromatic carbocycles. The fourth-order valence-electron chi connectivity index (χ4n) is 2.38. The Hall–Kier alpha value is -1.13. The molecule has 0 radical (unpaired) electrons. The molecule has 3 rings (SSSR count). The lowest BCUT2D eigenvalue weighted by Gasteiger charge is -2.05. The Morgan fingerprint density at radius 1 is 1.41 bits per heavy atom. The number of anilines is 1. The Kier molecular flexibility index (Phi) is 2.76. The molecule has 1 atom stereocenters. The van der Waals surface area contributed by atoms with Gasteiger partial charge in [-0.2, -0.15) is 0 Å². The second kappa shape index (κ2) is 4.27. The molecule has 2 heterocycles. The second-order valence-electron chi connectivity index (χ2n) is 4.43. The lowest BCUT2D eigenvalue weighted by Crippen LogP contribution is -2.19. The molecule has 1 unspecified atom stereocenters. The smallest absolute Gasteiger partial charge is 0.256 e. The largest absolute Gasteiger partial charge is 0.321 e. The van der Waals surface area contributed by atoms with Gasteiger partial charge >= 0.3 is 0 Å². The van der Waals surface area contributed by atoms with Crippen molar-refractivity contribution in [2.24, 2.45) is 0 Å². The van der Waals surface area contributed by atoms with Crippen molar-refractivity contribution in [1.82, 2.24) is 5.32 Å². The van der Waals surface area contributed by atoms with Crippen LogP contribution in [0.15, 0.2) is 28.7 Å². The summed E-state index contributed by atoms with van der Waals surface area (Å²) >= 11 is 3.44. The summed E-state index contributed by atoms with van der Waals surface area (Å²) in [6.07, 6.45) is 4.35. The second-order valence-corrected chi connectivity index (χ2v) is 5.34. The van der Waals surface area contributed by atoms with Gasteiger partial charge < -0.3 is 10.6 Å². The lowest BCUT2D eigenvalue weighted by molar-refractivity contribution is -0.110. The lowest BCUT2D eigenvalue weighted by atomic mass is 10.0. The van der Waals surface area contributed by atoms with Crippen LogP contribution < -0.4 is 10.6 Å². The van der Waals surface area contributed by atoms with E-state index in [0.29, 0.717) is 6.04 Å². The minimum atomic E-state index is 0.00630. The molecule has 2 aliphatic rings. The summed E-state index contributed by atoms with van der Waals surface area (Å²) in [4.78, 5) is 11.9. The monoisotopic (exact) mass is 292 g/mol. The fraction of sp³-hybridized carbons (Fsp3) is 0.308. The van der Waals surface area contributed by atoms with Crippen LogP contribution in [-0.4, -0.2) is 18.5 Å². The normalized spacial score (nSPS) is 25.1. The molecule has 1 amide bonds. The third kappa shape index (κ3) is 2.03. The van der Waals surface area contributed by atoms with E-state index in [4.69, 9.17) is 0 Å². The van der Waals surface area contributed by atoms with E-state index in [9.17, 15) is 4.79 Å². The molecular formula is C13H13BrN2O. The summed E-state index contributed by atoms with van der Waals surface area (Å²) in [6, 6.07) is 6.20. The summed E-state index contributed by atoms with van der Waals surface area (Å²) in [5.41, 5.74) is 2.70. The van der Waals surface area contributed by atoms with Crippen molar-refractivity contribution in [3.8, 4) is 0 Å². The van der Waals surface area contributed by atoms with Gasteiger partial charge in [0.15, 0.2) is 0 Å². The van der Waals surface area contributed by atoms with Crippen LogP contribution in [-0.2, 0) is 4.79 Å². The van der Waals surface area contributed by atoms with Crippen molar-refractivity contribution in [2.75, 3.05) is 11.9 Å². The first-order chi connectivity index (χ1) is 8.24. The zero-order valence-electron chi connectivity index (χ0n) is 9.29. The van der Waals surface area contributed by atoms with Gasteiger partial charge in [0.25, 0.3) is 5.91 Å². The minimum Gasteiger partial charge on any atom is -0.321 e. The maximum atomic E-state index is 11.9. The van der Waals surface area contributed by atoms with Crippen LogP contribution in [0, 0.1) is 0 Å². The van der Waals surface area contributed by atoms with Gasteiger partial charge in [-0.05, 0) is 37.6 Å². The van der Waals surface area contributed by atoms with E-state index in [-0.39, 0.29) is 5.91 Å². The molecule has 1 aromatic rings. The number of amides is 1. The van der Waals surface area contributed by atoms with Crippen molar-refractivity contribution in [2.45, 2.75) is 18.9 Å². The molecule has 4 heteroatoms. The number of hydrogen-bond acceptors (Lipinski definition) is 2. The standard InChI is InChI=1S/C13H13BrN2O/c14-8-3-4-12-10(6-8)11(13(17)16-12)7-9-2-1-5-15-9/h3-4,6-7,9,15H,1-2,5H2,(H,16,17)/b11-7-. The summed E-state index contributed by atoms with van der Waals surface area (Å²) in [5, 5.41) is 6.27. The molecule has 1 saturated heterocycles. The van der Waals surface area contributed by atoms with Crippen molar-refractivity contribution in [3.05, 3.63) is 34.3 Å². The summed E-state index contributed by atoms with van der Waals surface area (Å²) in [7, 11) is 0. The van der Waals surface area contributed by atoms with Gasteiger partial charge in [-0.25, -0.2) is 0 Å². The predicted molar refractivity (Wildman–Crippen MR) is 71.8 cm³/mol. The van der Waals surface area contributed by atoms with Crippen LogP contribution in [0.25, 0.3) is 5.57 Å². The Labute approximate surface area is 108 Å². The summed E-state index contributed by atoms with van der Waals surface area (Å²) in [6.45, 7) is 1.04. The highest BCUT2D eigenvalue weighted by Gasteiger charge is 2.25. The SMILES string of the molecule is O=C1Nc2ccc(Br)cc2/C1=C/C1CCCN1. The highest BCUT2D eigenvalue weighted by Crippen LogP contribution is 2.34. The first-order valence-electron chi connectivity index (χ1n) is 5.80. The highest BCUT2D eigenvalue weighted by atomic mass is 79.9. The van der Waals surface area contributed by atoms with E-state index in [1.807, 2.05) is 18.2 Å². The van der Waals surface area contributed by atoms with E-state index in [0.717, 1.165) is 34.3 Å². The quantitative estimate of drug-likeness (QED) is 0.781. The van der Waals surface area contributed by atoms with Crippen molar-refractivity contribution < 1.29 is 4.79 Å². The number of nitrogens with one attached hydrogen (secondary N) is 2. The molecule has 0 aromatic heterocycles. The van der Waals surface area contributed by atoms with Gasteiger partial charge in [0.2, 0.25) is 0 Å². The molecule has 17 heavy (non-hydrogen) atoms. The van der Waals surface area contributed by atoms with Gasteiger partial charge in [-0.15, -0.1) is 0 Å².